The van der Waals surface area contributed by atoms with E-state index in [-0.39, 0.29) is 6.61 Å². The summed E-state index contributed by atoms with van der Waals surface area (Å²) in [6.45, 7) is 4.37. The van der Waals surface area contributed by atoms with E-state index >= 15 is 0 Å². The van der Waals surface area contributed by atoms with E-state index in [0.717, 1.165) is 34.7 Å². The average molecular weight is 284 g/mol. The number of aliphatic hydroxyl groups is 1. The van der Waals surface area contributed by atoms with Gasteiger partial charge in [-0.25, -0.2) is 0 Å². The van der Waals surface area contributed by atoms with Crippen LogP contribution in [0.3, 0.4) is 0 Å². The summed E-state index contributed by atoms with van der Waals surface area (Å²) < 4.78 is 7.71. The van der Waals surface area contributed by atoms with Gasteiger partial charge in [0.2, 0.25) is 0 Å². The van der Waals surface area contributed by atoms with E-state index in [9.17, 15) is 0 Å². The molecule has 0 amide bonds. The molecule has 0 unspecified atom stereocenters. The normalized spacial score (nSPS) is 10.1. The second-order valence-corrected chi connectivity index (χ2v) is 4.85. The van der Waals surface area contributed by atoms with Gasteiger partial charge in [-0.15, -0.1) is 0 Å². The van der Waals surface area contributed by atoms with Crippen molar-refractivity contribution in [3.63, 3.8) is 0 Å². The fraction of sp³-hybridized carbons (Fsp3) is 0.353. The van der Waals surface area contributed by atoms with Gasteiger partial charge in [-0.05, 0) is 37.1 Å². The van der Waals surface area contributed by atoms with Gasteiger partial charge in [0.25, 0.3) is 0 Å². The fourth-order valence-corrected chi connectivity index (χ4v) is 2.03. The molecule has 4 nitrogen and oxygen atoms in total. The molecule has 0 saturated heterocycles. The van der Waals surface area contributed by atoms with E-state index in [2.05, 4.69) is 23.9 Å². The number of hydrogen-bond donors (Lipinski definition) is 1. The van der Waals surface area contributed by atoms with Gasteiger partial charge in [-0.1, -0.05) is 24.8 Å². The number of aliphatic hydroxyl groups excluding tert-OH is 1. The molecule has 0 bridgehead atoms. The maximum Gasteiger partial charge on any atom is 0.135 e. The molecule has 0 aliphatic carbocycles. The van der Waals surface area contributed by atoms with Crippen LogP contribution in [0.5, 0.6) is 5.75 Å². The smallest absolute Gasteiger partial charge is 0.135 e. The van der Waals surface area contributed by atoms with Gasteiger partial charge in [0.15, 0.2) is 0 Å². The molecule has 2 rings (SSSR count). The highest BCUT2D eigenvalue weighted by Crippen LogP contribution is 2.20. The molecule has 1 aromatic carbocycles. The summed E-state index contributed by atoms with van der Waals surface area (Å²) in [5.74, 6) is 6.31. The zero-order valence-electron chi connectivity index (χ0n) is 12.7. The molecule has 1 aromatic heterocycles. The Hall–Kier alpha value is -2.25. The Labute approximate surface area is 125 Å². The zero-order chi connectivity index (χ0) is 15.2. The molecule has 0 fully saturated rings. The third kappa shape index (κ3) is 3.87. The SMILES string of the molecule is CCc1cc(COc2ccc(C)cc2C#CCO)n(C)n1. The first-order valence-electron chi connectivity index (χ1n) is 6.99. The van der Waals surface area contributed by atoms with Gasteiger partial charge in [-0.3, -0.25) is 4.68 Å². The van der Waals surface area contributed by atoms with Gasteiger partial charge in [0.1, 0.15) is 19.0 Å². The van der Waals surface area contributed by atoms with E-state index in [1.165, 1.54) is 0 Å². The van der Waals surface area contributed by atoms with E-state index in [1.807, 2.05) is 42.9 Å². The van der Waals surface area contributed by atoms with Crippen LogP contribution in [0.2, 0.25) is 0 Å². The minimum Gasteiger partial charge on any atom is -0.486 e. The molecule has 0 saturated carbocycles. The minimum absolute atomic E-state index is 0.158. The monoisotopic (exact) mass is 284 g/mol. The van der Waals surface area contributed by atoms with Crippen molar-refractivity contribution in [1.82, 2.24) is 9.78 Å². The van der Waals surface area contributed by atoms with Gasteiger partial charge in [-0.2, -0.15) is 5.10 Å². The molecule has 2 aromatic rings. The van der Waals surface area contributed by atoms with Crippen molar-refractivity contribution in [3.05, 3.63) is 46.8 Å². The lowest BCUT2D eigenvalue weighted by atomic mass is 10.1. The van der Waals surface area contributed by atoms with Crippen LogP contribution in [-0.2, 0) is 20.1 Å². The summed E-state index contributed by atoms with van der Waals surface area (Å²) in [5.41, 5.74) is 3.98. The number of ether oxygens (including phenoxy) is 1. The molecule has 0 spiro atoms. The minimum atomic E-state index is -0.158. The highest BCUT2D eigenvalue weighted by Gasteiger charge is 2.07. The lowest BCUT2D eigenvalue weighted by molar-refractivity contribution is 0.294. The Morgan fingerprint density at radius 3 is 2.81 bits per heavy atom. The number of rotatable bonds is 4. The molecule has 0 aliphatic heterocycles. The van der Waals surface area contributed by atoms with Crippen molar-refractivity contribution in [2.24, 2.45) is 7.05 Å². The number of nitrogens with zero attached hydrogens (tertiary/aromatic N) is 2. The second kappa shape index (κ2) is 6.96. The maximum atomic E-state index is 8.84. The van der Waals surface area contributed by atoms with E-state index in [0.29, 0.717) is 6.61 Å². The van der Waals surface area contributed by atoms with E-state index in [1.54, 1.807) is 0 Å². The summed E-state index contributed by atoms with van der Waals surface area (Å²) in [6, 6.07) is 7.90. The Balaban J connectivity index is 2.17. The lowest BCUT2D eigenvalue weighted by Gasteiger charge is -2.09. The molecule has 1 heterocycles. The first kappa shape index (κ1) is 15.1. The van der Waals surface area contributed by atoms with Crippen LogP contribution in [0, 0.1) is 18.8 Å². The summed E-state index contributed by atoms with van der Waals surface area (Å²) in [5, 5.41) is 13.2. The highest BCUT2D eigenvalue weighted by molar-refractivity contribution is 5.48. The van der Waals surface area contributed by atoms with Crippen molar-refractivity contribution in [3.8, 4) is 17.6 Å². The molecule has 21 heavy (non-hydrogen) atoms. The van der Waals surface area contributed by atoms with Crippen LogP contribution in [0.15, 0.2) is 24.3 Å². The lowest BCUT2D eigenvalue weighted by Crippen LogP contribution is -2.04. The quantitative estimate of drug-likeness (QED) is 0.876. The topological polar surface area (TPSA) is 47.3 Å². The van der Waals surface area contributed by atoms with Crippen molar-refractivity contribution in [1.29, 1.82) is 0 Å². The Bertz CT molecular complexity index is 678. The van der Waals surface area contributed by atoms with Gasteiger partial charge in [0.05, 0.1) is 17.0 Å². The van der Waals surface area contributed by atoms with E-state index in [4.69, 9.17) is 9.84 Å². The first-order chi connectivity index (χ1) is 10.1. The molecule has 0 atom stereocenters. The Morgan fingerprint density at radius 2 is 2.14 bits per heavy atom. The second-order valence-electron chi connectivity index (χ2n) is 4.85. The molecule has 0 radical (unpaired) electrons. The highest BCUT2D eigenvalue weighted by atomic mass is 16.5. The molecule has 1 N–H and O–H groups in total. The number of aromatic nitrogens is 2. The van der Waals surface area contributed by atoms with Gasteiger partial charge in [0, 0.05) is 7.05 Å². The van der Waals surface area contributed by atoms with Crippen molar-refractivity contribution >= 4 is 0 Å². The first-order valence-corrected chi connectivity index (χ1v) is 6.99. The van der Waals surface area contributed by atoms with Crippen LogP contribution in [0.1, 0.15) is 29.4 Å². The summed E-state index contributed by atoms with van der Waals surface area (Å²) in [4.78, 5) is 0. The van der Waals surface area contributed by atoms with Crippen molar-refractivity contribution < 1.29 is 9.84 Å². The summed E-state index contributed by atoms with van der Waals surface area (Å²) in [7, 11) is 1.92. The third-order valence-electron chi connectivity index (χ3n) is 3.20. The molecular formula is C17H20N2O2. The summed E-state index contributed by atoms with van der Waals surface area (Å²) in [6.07, 6.45) is 0.908. The maximum absolute atomic E-state index is 8.84. The zero-order valence-corrected chi connectivity index (χ0v) is 12.7. The largest absolute Gasteiger partial charge is 0.486 e. The molecule has 0 aliphatic rings. The number of aryl methyl sites for hydroxylation is 3. The van der Waals surface area contributed by atoms with Crippen LogP contribution in [0.25, 0.3) is 0 Å². The molecule has 110 valence electrons. The van der Waals surface area contributed by atoms with Crippen molar-refractivity contribution in [2.45, 2.75) is 26.9 Å². The summed E-state index contributed by atoms with van der Waals surface area (Å²) >= 11 is 0. The Morgan fingerprint density at radius 1 is 1.33 bits per heavy atom. The molecular weight excluding hydrogens is 264 g/mol. The predicted molar refractivity (Wildman–Crippen MR) is 82.1 cm³/mol. The fourth-order valence-electron chi connectivity index (χ4n) is 2.03. The number of hydrogen-bond acceptors (Lipinski definition) is 3. The number of benzene rings is 1. The predicted octanol–water partition coefficient (Wildman–Crippen LogP) is 2.21. The van der Waals surface area contributed by atoms with E-state index < -0.39 is 0 Å². The standard InChI is InChI=1S/C17H20N2O2/c1-4-15-11-16(19(3)18-15)12-21-17-8-7-13(2)10-14(17)6-5-9-20/h7-8,10-11,20H,4,9,12H2,1-3H3. The van der Waals surface area contributed by atoms with Gasteiger partial charge < -0.3 is 9.84 Å². The van der Waals surface area contributed by atoms with Crippen LogP contribution in [-0.4, -0.2) is 21.5 Å². The van der Waals surface area contributed by atoms with Crippen LogP contribution in [0.4, 0.5) is 0 Å². The van der Waals surface area contributed by atoms with Crippen LogP contribution < -0.4 is 4.74 Å². The van der Waals surface area contributed by atoms with Crippen molar-refractivity contribution in [2.75, 3.05) is 6.61 Å². The third-order valence-corrected chi connectivity index (χ3v) is 3.20. The molecule has 4 heteroatoms. The van der Waals surface area contributed by atoms with Gasteiger partial charge >= 0.3 is 0 Å². The van der Waals surface area contributed by atoms with Crippen LogP contribution >= 0.6 is 0 Å². The Kier molecular flexibility index (Phi) is 5.02. The average Bonchev–Trinajstić information content (AvgIpc) is 2.84.